The summed E-state index contributed by atoms with van der Waals surface area (Å²) in [5.74, 6) is 1.14. The molecule has 2 aliphatic rings. The average molecular weight is 393 g/mol. The van der Waals surface area contributed by atoms with Gasteiger partial charge in [0.05, 0.1) is 13.2 Å². The normalized spacial score (nSPS) is 19.4. The van der Waals surface area contributed by atoms with E-state index in [1.165, 1.54) is 0 Å². The van der Waals surface area contributed by atoms with Crippen LogP contribution in [0, 0.1) is 0 Å². The molecule has 1 heterocycles. The van der Waals surface area contributed by atoms with E-state index >= 15 is 0 Å². The Bertz CT molecular complexity index is 651. The molecule has 0 aromatic heterocycles. The van der Waals surface area contributed by atoms with E-state index in [2.05, 4.69) is 22.9 Å². The highest BCUT2D eigenvalue weighted by atomic mass is 79.9. The first-order valence-corrected chi connectivity index (χ1v) is 9.68. The van der Waals surface area contributed by atoms with Gasteiger partial charge in [-0.2, -0.15) is 0 Å². The molecule has 0 radical (unpaired) electrons. The Morgan fingerprint density at radius 1 is 1.33 bits per heavy atom. The molecule has 0 atom stereocenters. The Kier molecular flexibility index (Phi) is 5.40. The highest BCUT2D eigenvalue weighted by molar-refractivity contribution is 9.10. The minimum Gasteiger partial charge on any atom is -0.392 e. The van der Waals surface area contributed by atoms with Gasteiger partial charge in [-0.05, 0) is 36.5 Å². The fourth-order valence-corrected chi connectivity index (χ4v) is 4.10. The van der Waals surface area contributed by atoms with Crippen molar-refractivity contribution in [2.45, 2.75) is 70.6 Å². The molecule has 1 amide bonds. The molecule has 1 N–H and O–H groups in total. The molecule has 1 fully saturated rings. The molecular formula is C19H25BrN2O2. The van der Waals surface area contributed by atoms with Gasteiger partial charge in [-0.1, -0.05) is 54.2 Å². The number of unbranched alkanes of at least 4 members (excludes halogenated alkanes) is 1. The number of aliphatic hydroxyl groups is 1. The van der Waals surface area contributed by atoms with E-state index in [4.69, 9.17) is 4.99 Å². The highest BCUT2D eigenvalue weighted by Crippen LogP contribution is 2.40. The maximum Gasteiger partial charge on any atom is 0.256 e. The van der Waals surface area contributed by atoms with Gasteiger partial charge >= 0.3 is 0 Å². The molecule has 1 aromatic carbocycles. The van der Waals surface area contributed by atoms with Gasteiger partial charge in [-0.25, -0.2) is 0 Å². The molecule has 130 valence electrons. The molecule has 0 unspecified atom stereocenters. The minimum atomic E-state index is -0.474. The lowest BCUT2D eigenvalue weighted by Crippen LogP contribution is -2.40. The van der Waals surface area contributed by atoms with E-state index in [-0.39, 0.29) is 12.5 Å². The molecular weight excluding hydrogens is 368 g/mol. The quantitative estimate of drug-likeness (QED) is 0.788. The van der Waals surface area contributed by atoms with Gasteiger partial charge in [-0.15, -0.1) is 0 Å². The third kappa shape index (κ3) is 3.29. The van der Waals surface area contributed by atoms with Gasteiger partial charge < -0.3 is 5.11 Å². The molecule has 0 saturated heterocycles. The molecule has 0 bridgehead atoms. The molecule has 3 rings (SSSR count). The third-order valence-electron chi connectivity index (χ3n) is 5.10. The van der Waals surface area contributed by atoms with Crippen molar-refractivity contribution in [2.75, 3.05) is 0 Å². The average Bonchev–Trinajstić information content (AvgIpc) is 3.16. The Balaban J connectivity index is 1.84. The first-order valence-electron chi connectivity index (χ1n) is 8.88. The number of amidine groups is 1. The van der Waals surface area contributed by atoms with Crippen LogP contribution in [0.1, 0.15) is 63.0 Å². The largest absolute Gasteiger partial charge is 0.392 e. The first kappa shape index (κ1) is 17.6. The van der Waals surface area contributed by atoms with Crippen molar-refractivity contribution < 1.29 is 9.90 Å². The maximum atomic E-state index is 13.1. The predicted octanol–water partition coefficient (Wildman–Crippen LogP) is 4.19. The topological polar surface area (TPSA) is 52.9 Å². The number of amides is 1. The predicted molar refractivity (Wildman–Crippen MR) is 98.8 cm³/mol. The molecule has 1 aliphatic heterocycles. The van der Waals surface area contributed by atoms with E-state index in [1.807, 2.05) is 23.1 Å². The van der Waals surface area contributed by atoms with Crippen molar-refractivity contribution in [2.24, 2.45) is 4.99 Å². The number of carbonyl (C=O) groups is 1. The number of halogens is 1. The first-order chi connectivity index (χ1) is 11.6. The lowest BCUT2D eigenvalue weighted by Gasteiger charge is -2.23. The minimum absolute atomic E-state index is 0.0108. The number of carbonyl (C=O) groups excluding carboxylic acids is 1. The lowest BCUT2D eigenvalue weighted by molar-refractivity contribution is -0.131. The van der Waals surface area contributed by atoms with Crippen LogP contribution in [0.3, 0.4) is 0 Å². The summed E-state index contributed by atoms with van der Waals surface area (Å²) < 4.78 is 0.897. The van der Waals surface area contributed by atoms with Gasteiger partial charge in [0.25, 0.3) is 5.91 Å². The van der Waals surface area contributed by atoms with Gasteiger partial charge in [0, 0.05) is 10.9 Å². The van der Waals surface area contributed by atoms with Crippen LogP contribution >= 0.6 is 15.9 Å². The van der Waals surface area contributed by atoms with E-state index in [1.54, 1.807) is 0 Å². The maximum absolute atomic E-state index is 13.1. The summed E-state index contributed by atoms with van der Waals surface area (Å²) in [6.07, 6.45) is 6.99. The van der Waals surface area contributed by atoms with E-state index in [0.29, 0.717) is 6.54 Å². The Morgan fingerprint density at radius 3 is 2.75 bits per heavy atom. The van der Waals surface area contributed by atoms with Crippen LogP contribution in [0.5, 0.6) is 0 Å². The Labute approximate surface area is 152 Å². The number of hydrogen-bond acceptors (Lipinski definition) is 3. The second-order valence-electron chi connectivity index (χ2n) is 6.85. The zero-order chi connectivity index (χ0) is 17.2. The fraction of sp³-hybridized carbons (Fsp3) is 0.579. The Hall–Kier alpha value is -1.20. The van der Waals surface area contributed by atoms with Crippen LogP contribution in [-0.4, -0.2) is 27.3 Å². The van der Waals surface area contributed by atoms with Crippen LogP contribution in [0.25, 0.3) is 0 Å². The smallest absolute Gasteiger partial charge is 0.256 e. The van der Waals surface area contributed by atoms with Crippen LogP contribution in [-0.2, 0) is 17.9 Å². The highest BCUT2D eigenvalue weighted by Gasteiger charge is 2.49. The van der Waals surface area contributed by atoms with Crippen LogP contribution < -0.4 is 0 Å². The lowest BCUT2D eigenvalue weighted by atomic mass is 9.98. The van der Waals surface area contributed by atoms with Gasteiger partial charge in [0.2, 0.25) is 0 Å². The van der Waals surface area contributed by atoms with Crippen molar-refractivity contribution in [3.8, 4) is 0 Å². The van der Waals surface area contributed by atoms with E-state index < -0.39 is 5.54 Å². The van der Waals surface area contributed by atoms with E-state index in [9.17, 15) is 9.90 Å². The molecule has 4 nitrogen and oxygen atoms in total. The summed E-state index contributed by atoms with van der Waals surface area (Å²) in [7, 11) is 0. The monoisotopic (exact) mass is 392 g/mol. The van der Waals surface area contributed by atoms with Gasteiger partial charge in [0.1, 0.15) is 11.4 Å². The van der Waals surface area contributed by atoms with Gasteiger partial charge in [-0.3, -0.25) is 14.7 Å². The number of hydrogen-bond donors (Lipinski definition) is 1. The summed E-state index contributed by atoms with van der Waals surface area (Å²) in [4.78, 5) is 19.9. The molecule has 1 aromatic rings. The molecule has 5 heteroatoms. The van der Waals surface area contributed by atoms with Crippen LogP contribution in [0.2, 0.25) is 0 Å². The number of benzene rings is 1. The van der Waals surface area contributed by atoms with Crippen molar-refractivity contribution in [1.82, 2.24) is 4.90 Å². The Morgan fingerprint density at radius 2 is 2.08 bits per heavy atom. The summed E-state index contributed by atoms with van der Waals surface area (Å²) in [5.41, 5.74) is 1.41. The summed E-state index contributed by atoms with van der Waals surface area (Å²) in [6, 6.07) is 5.91. The third-order valence-corrected chi connectivity index (χ3v) is 5.88. The van der Waals surface area contributed by atoms with Crippen molar-refractivity contribution in [3.63, 3.8) is 0 Å². The van der Waals surface area contributed by atoms with Crippen molar-refractivity contribution >= 4 is 27.7 Å². The second kappa shape index (κ2) is 7.36. The number of rotatable bonds is 6. The summed E-state index contributed by atoms with van der Waals surface area (Å²) in [6.45, 7) is 2.70. The fourth-order valence-electron chi connectivity index (χ4n) is 3.73. The molecule has 1 saturated carbocycles. The standard InChI is InChI=1S/C19H25BrN2O2/c1-2-3-6-17-21-19(9-4-5-10-19)18(24)22(17)12-14-7-8-16(20)15(11-14)13-23/h7-8,11,23H,2-6,9-10,12-13H2,1H3. The number of aliphatic hydroxyl groups excluding tert-OH is 1. The zero-order valence-electron chi connectivity index (χ0n) is 14.2. The number of nitrogens with zero attached hydrogens (tertiary/aromatic N) is 2. The van der Waals surface area contributed by atoms with E-state index in [0.717, 1.165) is 66.4 Å². The summed E-state index contributed by atoms with van der Waals surface area (Å²) >= 11 is 3.45. The van der Waals surface area contributed by atoms with Crippen LogP contribution in [0.15, 0.2) is 27.7 Å². The SMILES string of the molecule is CCCCC1=NC2(CCCC2)C(=O)N1Cc1ccc(Br)c(CO)c1. The molecule has 1 spiro atoms. The van der Waals surface area contributed by atoms with Crippen molar-refractivity contribution in [1.29, 1.82) is 0 Å². The second-order valence-corrected chi connectivity index (χ2v) is 7.70. The molecule has 24 heavy (non-hydrogen) atoms. The number of aliphatic imine (C=N–C) groups is 1. The van der Waals surface area contributed by atoms with Crippen molar-refractivity contribution in [3.05, 3.63) is 33.8 Å². The van der Waals surface area contributed by atoms with Crippen LogP contribution in [0.4, 0.5) is 0 Å². The zero-order valence-corrected chi connectivity index (χ0v) is 15.8. The summed E-state index contributed by atoms with van der Waals surface area (Å²) in [5, 5.41) is 9.46. The molecule has 1 aliphatic carbocycles. The van der Waals surface area contributed by atoms with Gasteiger partial charge in [0.15, 0.2) is 0 Å².